The van der Waals surface area contributed by atoms with Crippen molar-refractivity contribution in [2.75, 3.05) is 6.54 Å². The van der Waals surface area contributed by atoms with E-state index in [1.165, 1.54) is 0 Å². The summed E-state index contributed by atoms with van der Waals surface area (Å²) < 4.78 is 1.57. The summed E-state index contributed by atoms with van der Waals surface area (Å²) in [5.41, 5.74) is 1.66. The number of carbonyl (C=O) groups is 1. The molecule has 0 saturated heterocycles. The summed E-state index contributed by atoms with van der Waals surface area (Å²) in [5.74, 6) is 0.519. The minimum atomic E-state index is -0.135. The number of aromatic nitrogens is 2. The van der Waals surface area contributed by atoms with E-state index in [4.69, 9.17) is 0 Å². The van der Waals surface area contributed by atoms with Crippen molar-refractivity contribution < 1.29 is 4.79 Å². The van der Waals surface area contributed by atoms with E-state index in [2.05, 4.69) is 4.98 Å². The summed E-state index contributed by atoms with van der Waals surface area (Å²) in [4.78, 5) is 32.1. The number of hydrogen-bond acceptors (Lipinski definition) is 3. The van der Waals surface area contributed by atoms with Crippen molar-refractivity contribution in [1.82, 2.24) is 14.5 Å². The van der Waals surface area contributed by atoms with Gasteiger partial charge in [-0.1, -0.05) is 24.3 Å². The van der Waals surface area contributed by atoms with Gasteiger partial charge in [0.25, 0.3) is 11.5 Å². The second-order valence-corrected chi connectivity index (χ2v) is 5.52. The van der Waals surface area contributed by atoms with Gasteiger partial charge in [-0.3, -0.25) is 14.2 Å². The van der Waals surface area contributed by atoms with E-state index >= 15 is 0 Å². The molecule has 0 bridgehead atoms. The number of rotatable bonds is 1. The Hall–Kier alpha value is -2.95. The van der Waals surface area contributed by atoms with Crippen molar-refractivity contribution in [1.29, 1.82) is 0 Å². The van der Waals surface area contributed by atoms with E-state index < -0.39 is 0 Å². The van der Waals surface area contributed by atoms with Gasteiger partial charge in [-0.15, -0.1) is 0 Å². The van der Waals surface area contributed by atoms with Gasteiger partial charge in [-0.2, -0.15) is 0 Å². The van der Waals surface area contributed by atoms with Crippen molar-refractivity contribution in [3.63, 3.8) is 0 Å². The first-order valence-electron chi connectivity index (χ1n) is 7.60. The molecule has 0 atom stereocenters. The molecule has 4 rings (SSSR count). The number of fused-ring (bicyclic) bond motifs is 4. The molecular weight excluding hydrogens is 290 g/mol. The lowest BCUT2D eigenvalue weighted by atomic mass is 10.1. The molecule has 0 fully saturated rings. The molecule has 114 valence electrons. The summed E-state index contributed by atoms with van der Waals surface area (Å²) in [5, 5.41) is 0.559. The van der Waals surface area contributed by atoms with Crippen LogP contribution in [0.15, 0.2) is 53.3 Å². The molecule has 0 N–H and O–H groups in total. The van der Waals surface area contributed by atoms with Crippen LogP contribution in [0.5, 0.6) is 0 Å². The van der Waals surface area contributed by atoms with E-state index in [0.29, 0.717) is 41.1 Å². The van der Waals surface area contributed by atoms with E-state index in [-0.39, 0.29) is 11.5 Å². The van der Waals surface area contributed by atoms with Gasteiger partial charge in [0, 0.05) is 6.54 Å². The predicted octanol–water partition coefficient (Wildman–Crippen LogP) is 2.36. The zero-order valence-corrected chi connectivity index (χ0v) is 12.7. The maximum Gasteiger partial charge on any atom is 0.266 e. The fourth-order valence-electron chi connectivity index (χ4n) is 3.05. The molecule has 1 aliphatic rings. The zero-order chi connectivity index (χ0) is 16.0. The van der Waals surface area contributed by atoms with Crippen molar-refractivity contribution in [3.05, 3.63) is 70.3 Å². The number of benzene rings is 2. The van der Waals surface area contributed by atoms with Gasteiger partial charge in [0.15, 0.2) is 0 Å². The number of carbonyl (C=O) groups excluding carboxylic acids is 1. The predicted molar refractivity (Wildman–Crippen MR) is 87.8 cm³/mol. The van der Waals surface area contributed by atoms with E-state index in [0.717, 1.165) is 0 Å². The minimum absolute atomic E-state index is 0.0722. The van der Waals surface area contributed by atoms with Crippen LogP contribution in [-0.4, -0.2) is 26.9 Å². The SMILES string of the molecule is CCN1Cc2nc3ccccc3c(=O)n2-c2ccccc2C1=O. The Morgan fingerprint density at radius 1 is 1.04 bits per heavy atom. The summed E-state index contributed by atoms with van der Waals surface area (Å²) in [7, 11) is 0. The smallest absolute Gasteiger partial charge is 0.266 e. The number of hydrogen-bond donors (Lipinski definition) is 0. The molecule has 0 unspecified atom stereocenters. The van der Waals surface area contributed by atoms with Crippen LogP contribution in [0.3, 0.4) is 0 Å². The average molecular weight is 305 g/mol. The van der Waals surface area contributed by atoms with Gasteiger partial charge < -0.3 is 4.90 Å². The third-order valence-electron chi connectivity index (χ3n) is 4.22. The van der Waals surface area contributed by atoms with E-state index in [1.54, 1.807) is 27.7 Å². The number of nitrogens with zero attached hydrogens (tertiary/aromatic N) is 3. The van der Waals surface area contributed by atoms with Crippen LogP contribution >= 0.6 is 0 Å². The molecule has 5 heteroatoms. The van der Waals surface area contributed by atoms with Crippen molar-refractivity contribution >= 4 is 16.8 Å². The first-order chi connectivity index (χ1) is 11.2. The third kappa shape index (κ3) is 1.97. The van der Waals surface area contributed by atoms with Crippen molar-refractivity contribution in [3.8, 4) is 5.69 Å². The van der Waals surface area contributed by atoms with E-state index in [1.807, 2.05) is 37.3 Å². The van der Waals surface area contributed by atoms with Crippen LogP contribution in [0.2, 0.25) is 0 Å². The monoisotopic (exact) mass is 305 g/mol. The molecule has 3 aromatic rings. The first kappa shape index (κ1) is 13.7. The van der Waals surface area contributed by atoms with Gasteiger partial charge in [0.1, 0.15) is 5.82 Å². The zero-order valence-electron chi connectivity index (χ0n) is 12.7. The van der Waals surface area contributed by atoms with Gasteiger partial charge in [-0.25, -0.2) is 4.98 Å². The Kier molecular flexibility index (Phi) is 3.01. The van der Waals surface area contributed by atoms with Crippen molar-refractivity contribution in [2.45, 2.75) is 13.5 Å². The molecule has 1 amide bonds. The minimum Gasteiger partial charge on any atom is -0.331 e. The Balaban J connectivity index is 2.14. The third-order valence-corrected chi connectivity index (χ3v) is 4.22. The lowest BCUT2D eigenvalue weighted by Crippen LogP contribution is -2.30. The van der Waals surface area contributed by atoms with Crippen LogP contribution in [0, 0.1) is 0 Å². The second kappa shape index (κ2) is 5.05. The molecule has 0 radical (unpaired) electrons. The molecule has 1 aromatic heterocycles. The van der Waals surface area contributed by atoms with Gasteiger partial charge >= 0.3 is 0 Å². The fraction of sp³-hybridized carbons (Fsp3) is 0.167. The van der Waals surface area contributed by atoms with Crippen molar-refractivity contribution in [2.24, 2.45) is 0 Å². The Morgan fingerprint density at radius 3 is 2.61 bits per heavy atom. The van der Waals surface area contributed by atoms with Crippen LogP contribution in [0.4, 0.5) is 0 Å². The molecule has 2 heterocycles. The Bertz CT molecular complexity index is 991. The van der Waals surface area contributed by atoms with E-state index in [9.17, 15) is 9.59 Å². The highest BCUT2D eigenvalue weighted by atomic mass is 16.2. The molecule has 5 nitrogen and oxygen atoms in total. The number of para-hydroxylation sites is 2. The van der Waals surface area contributed by atoms with Crippen LogP contribution in [0.1, 0.15) is 23.1 Å². The normalized spacial score (nSPS) is 13.6. The highest BCUT2D eigenvalue weighted by Crippen LogP contribution is 2.23. The lowest BCUT2D eigenvalue weighted by molar-refractivity contribution is 0.0753. The Labute approximate surface area is 132 Å². The summed E-state index contributed by atoms with van der Waals surface area (Å²) in [6, 6.07) is 14.5. The molecule has 2 aromatic carbocycles. The molecule has 0 spiro atoms. The molecular formula is C18H15N3O2. The second-order valence-electron chi connectivity index (χ2n) is 5.52. The largest absolute Gasteiger partial charge is 0.331 e. The summed E-state index contributed by atoms with van der Waals surface area (Å²) >= 11 is 0. The maximum absolute atomic E-state index is 13.0. The van der Waals surface area contributed by atoms with Crippen LogP contribution < -0.4 is 5.56 Å². The molecule has 1 aliphatic heterocycles. The summed E-state index contributed by atoms with van der Waals surface area (Å²) in [6.45, 7) is 2.81. The highest BCUT2D eigenvalue weighted by Gasteiger charge is 2.26. The van der Waals surface area contributed by atoms with Gasteiger partial charge in [0.05, 0.1) is 28.7 Å². The van der Waals surface area contributed by atoms with Crippen LogP contribution in [-0.2, 0) is 6.54 Å². The first-order valence-corrected chi connectivity index (χ1v) is 7.60. The lowest BCUT2D eigenvalue weighted by Gasteiger charge is -2.18. The maximum atomic E-state index is 13.0. The van der Waals surface area contributed by atoms with Gasteiger partial charge in [0.2, 0.25) is 0 Å². The summed E-state index contributed by atoms with van der Waals surface area (Å²) in [6.07, 6.45) is 0. The molecule has 23 heavy (non-hydrogen) atoms. The Morgan fingerprint density at radius 2 is 1.78 bits per heavy atom. The quantitative estimate of drug-likeness (QED) is 0.693. The molecule has 0 saturated carbocycles. The number of amides is 1. The average Bonchev–Trinajstić information content (AvgIpc) is 2.70. The highest BCUT2D eigenvalue weighted by molar-refractivity contribution is 5.98. The van der Waals surface area contributed by atoms with Crippen LogP contribution in [0.25, 0.3) is 16.6 Å². The molecule has 0 aliphatic carbocycles. The fourth-order valence-corrected chi connectivity index (χ4v) is 3.05. The topological polar surface area (TPSA) is 55.2 Å². The standard InChI is InChI=1S/C18H15N3O2/c1-2-20-11-16-19-14-9-5-3-7-12(14)18(23)21(16)15-10-6-4-8-13(15)17(20)22/h3-10H,2,11H2,1H3. The van der Waals surface area contributed by atoms with Gasteiger partial charge in [-0.05, 0) is 31.2 Å².